The van der Waals surface area contributed by atoms with E-state index in [1.54, 1.807) is 6.07 Å². The minimum atomic E-state index is 1.02. The van der Waals surface area contributed by atoms with Gasteiger partial charge in [0.15, 0.2) is 0 Å². The van der Waals surface area contributed by atoms with E-state index in [-0.39, 0.29) is 0 Å². The number of unbranched alkanes of at least 4 members (excludes halogenated alkanes) is 2. The van der Waals surface area contributed by atoms with Gasteiger partial charge in [-0.05, 0) is 12.8 Å². The number of hydrogen-bond donors (Lipinski definition) is 0. The Kier molecular flexibility index (Phi) is 3.00. The van der Waals surface area contributed by atoms with Crippen molar-refractivity contribution in [2.24, 2.45) is 0 Å². The topological polar surface area (TPSA) is 26.0 Å². The van der Waals surface area contributed by atoms with Crippen molar-refractivity contribution in [2.75, 3.05) is 0 Å². The molecule has 1 radical (unpaired) electrons. The van der Waals surface area contributed by atoms with Crippen LogP contribution < -0.4 is 0 Å². The monoisotopic (exact) mass is 138 g/mol. The van der Waals surface area contributed by atoms with E-state index in [2.05, 4.69) is 22.9 Å². The zero-order valence-electron chi connectivity index (χ0n) is 6.26. The van der Waals surface area contributed by atoms with E-state index in [4.69, 9.17) is 0 Å². The highest BCUT2D eigenvalue weighted by Gasteiger charge is 1.94. The van der Waals surface area contributed by atoms with Crippen molar-refractivity contribution in [1.82, 2.24) is 5.16 Å². The highest BCUT2D eigenvalue weighted by molar-refractivity contribution is 4.93. The molecule has 0 saturated heterocycles. The van der Waals surface area contributed by atoms with E-state index >= 15 is 0 Å². The summed E-state index contributed by atoms with van der Waals surface area (Å²) in [4.78, 5) is 0. The van der Waals surface area contributed by atoms with Crippen LogP contribution in [0, 0.1) is 6.26 Å². The highest BCUT2D eigenvalue weighted by atomic mass is 16.5. The Morgan fingerprint density at radius 3 is 3.10 bits per heavy atom. The predicted molar refractivity (Wildman–Crippen MR) is 38.6 cm³/mol. The van der Waals surface area contributed by atoms with E-state index in [0.29, 0.717) is 0 Å². The first-order valence-electron chi connectivity index (χ1n) is 3.75. The summed E-state index contributed by atoms with van der Waals surface area (Å²) >= 11 is 0. The molecule has 1 heterocycles. The van der Waals surface area contributed by atoms with Gasteiger partial charge in [0, 0.05) is 6.07 Å². The summed E-state index contributed by atoms with van der Waals surface area (Å²) in [5, 5.41) is 3.76. The standard InChI is InChI=1S/C8H12NO/c1-2-3-4-5-8-6-7-10-9-8/h6H,2-5H2,1H3. The molecule has 0 aliphatic rings. The summed E-state index contributed by atoms with van der Waals surface area (Å²) in [5.74, 6) is 0. The number of rotatable bonds is 4. The van der Waals surface area contributed by atoms with Gasteiger partial charge in [0.05, 0.1) is 5.69 Å². The Morgan fingerprint density at radius 1 is 1.60 bits per heavy atom. The molecule has 0 N–H and O–H groups in total. The van der Waals surface area contributed by atoms with E-state index in [1.807, 2.05) is 0 Å². The average molecular weight is 138 g/mol. The van der Waals surface area contributed by atoms with Gasteiger partial charge in [-0.25, -0.2) is 0 Å². The maximum Gasteiger partial charge on any atom is 0.205 e. The minimum Gasteiger partial charge on any atom is -0.353 e. The lowest BCUT2D eigenvalue weighted by Crippen LogP contribution is -1.83. The van der Waals surface area contributed by atoms with Crippen LogP contribution in [0.2, 0.25) is 0 Å². The van der Waals surface area contributed by atoms with Crippen LogP contribution in [0.3, 0.4) is 0 Å². The van der Waals surface area contributed by atoms with Crippen molar-refractivity contribution in [3.8, 4) is 0 Å². The van der Waals surface area contributed by atoms with E-state index in [9.17, 15) is 0 Å². The largest absolute Gasteiger partial charge is 0.353 e. The molecule has 0 atom stereocenters. The molecule has 2 heteroatoms. The number of aryl methyl sites for hydroxylation is 1. The van der Waals surface area contributed by atoms with Crippen LogP contribution in [0.4, 0.5) is 0 Å². The van der Waals surface area contributed by atoms with Crippen molar-refractivity contribution in [3.05, 3.63) is 18.0 Å². The number of hydrogen-bond acceptors (Lipinski definition) is 2. The molecule has 0 fully saturated rings. The Labute approximate surface area is 61.2 Å². The van der Waals surface area contributed by atoms with Crippen LogP contribution in [0.5, 0.6) is 0 Å². The van der Waals surface area contributed by atoms with Gasteiger partial charge in [-0.15, -0.1) is 0 Å². The van der Waals surface area contributed by atoms with Crippen LogP contribution in [0.1, 0.15) is 31.9 Å². The second kappa shape index (κ2) is 4.09. The normalized spacial score (nSPS) is 10.1. The molecule has 0 aliphatic heterocycles. The van der Waals surface area contributed by atoms with Crippen LogP contribution in [-0.4, -0.2) is 5.16 Å². The first-order valence-corrected chi connectivity index (χ1v) is 3.75. The second-order valence-electron chi connectivity index (χ2n) is 2.39. The van der Waals surface area contributed by atoms with Crippen molar-refractivity contribution < 1.29 is 4.52 Å². The lowest BCUT2D eigenvalue weighted by molar-refractivity contribution is 0.404. The third-order valence-corrected chi connectivity index (χ3v) is 1.48. The highest BCUT2D eigenvalue weighted by Crippen LogP contribution is 2.02. The van der Waals surface area contributed by atoms with Crippen molar-refractivity contribution in [3.63, 3.8) is 0 Å². The maximum atomic E-state index is 4.57. The van der Waals surface area contributed by atoms with Gasteiger partial charge in [0.1, 0.15) is 0 Å². The molecular weight excluding hydrogens is 126 g/mol. The molecule has 55 valence electrons. The fraction of sp³-hybridized carbons (Fsp3) is 0.625. The molecule has 1 rings (SSSR count). The maximum absolute atomic E-state index is 4.57. The summed E-state index contributed by atoms with van der Waals surface area (Å²) in [6, 6.07) is 1.80. The third kappa shape index (κ3) is 2.21. The summed E-state index contributed by atoms with van der Waals surface area (Å²) < 4.78 is 4.57. The SMILES string of the molecule is CCCCCc1c[c]on1. The molecule has 0 amide bonds. The summed E-state index contributed by atoms with van der Waals surface area (Å²) in [7, 11) is 0. The molecular formula is C8H12NO. The van der Waals surface area contributed by atoms with Gasteiger partial charge in [-0.2, -0.15) is 0 Å². The Balaban J connectivity index is 2.15. The fourth-order valence-electron chi connectivity index (χ4n) is 0.880. The Morgan fingerprint density at radius 2 is 2.50 bits per heavy atom. The first-order chi connectivity index (χ1) is 4.93. The smallest absolute Gasteiger partial charge is 0.205 e. The molecule has 10 heavy (non-hydrogen) atoms. The average Bonchev–Trinajstić information content (AvgIpc) is 2.41. The van der Waals surface area contributed by atoms with Crippen LogP contribution >= 0.6 is 0 Å². The second-order valence-corrected chi connectivity index (χ2v) is 2.39. The van der Waals surface area contributed by atoms with Crippen LogP contribution in [0.25, 0.3) is 0 Å². The fourth-order valence-corrected chi connectivity index (χ4v) is 0.880. The lowest BCUT2D eigenvalue weighted by Gasteiger charge is -1.91. The molecule has 0 aromatic carbocycles. The van der Waals surface area contributed by atoms with Crippen LogP contribution in [-0.2, 0) is 6.42 Å². The molecule has 1 aromatic heterocycles. The van der Waals surface area contributed by atoms with E-state index in [0.717, 1.165) is 12.1 Å². The number of nitrogens with zero attached hydrogens (tertiary/aromatic N) is 1. The van der Waals surface area contributed by atoms with Gasteiger partial charge >= 0.3 is 0 Å². The van der Waals surface area contributed by atoms with Gasteiger partial charge < -0.3 is 4.52 Å². The Hall–Kier alpha value is -0.790. The predicted octanol–water partition coefficient (Wildman–Crippen LogP) is 2.21. The molecule has 0 bridgehead atoms. The summed E-state index contributed by atoms with van der Waals surface area (Å²) in [5.41, 5.74) is 1.02. The van der Waals surface area contributed by atoms with Crippen LogP contribution in [0.15, 0.2) is 10.6 Å². The first kappa shape index (κ1) is 7.32. The summed E-state index contributed by atoms with van der Waals surface area (Å²) in [6.45, 7) is 2.19. The molecule has 1 aromatic rings. The Bertz CT molecular complexity index is 158. The van der Waals surface area contributed by atoms with E-state index in [1.165, 1.54) is 19.3 Å². The lowest BCUT2D eigenvalue weighted by atomic mass is 10.2. The van der Waals surface area contributed by atoms with Crippen molar-refractivity contribution in [1.29, 1.82) is 0 Å². The third-order valence-electron chi connectivity index (χ3n) is 1.48. The van der Waals surface area contributed by atoms with Crippen molar-refractivity contribution >= 4 is 0 Å². The zero-order valence-corrected chi connectivity index (χ0v) is 6.26. The quantitative estimate of drug-likeness (QED) is 0.596. The molecule has 2 nitrogen and oxygen atoms in total. The molecule has 0 saturated carbocycles. The van der Waals surface area contributed by atoms with E-state index < -0.39 is 0 Å². The minimum absolute atomic E-state index is 1.02. The number of aromatic nitrogens is 1. The van der Waals surface area contributed by atoms with Gasteiger partial charge in [0.2, 0.25) is 6.26 Å². The molecule has 0 aliphatic carbocycles. The van der Waals surface area contributed by atoms with Crippen molar-refractivity contribution in [2.45, 2.75) is 32.6 Å². The van der Waals surface area contributed by atoms with Gasteiger partial charge in [0.25, 0.3) is 0 Å². The zero-order chi connectivity index (χ0) is 7.23. The molecule has 0 unspecified atom stereocenters. The molecule has 0 spiro atoms. The van der Waals surface area contributed by atoms with Gasteiger partial charge in [-0.1, -0.05) is 24.9 Å². The van der Waals surface area contributed by atoms with Gasteiger partial charge in [-0.3, -0.25) is 0 Å². The summed E-state index contributed by atoms with van der Waals surface area (Å²) in [6.07, 6.45) is 7.33.